The SMILES string of the molecule is COc1ccc2c(c1)[C@]1(O[C@@H](CC(=O)N3CCC[C@H]3CO)[C@H]([Si](C)(C)F)[C@H]1C)C(=O)N2Cc1ccc(NC(=O)c2ccc(N)cc2)cc1. The molecule has 0 unspecified atom stereocenters. The Labute approximate surface area is 281 Å². The summed E-state index contributed by atoms with van der Waals surface area (Å²) in [7, 11) is -1.93. The number of carbonyl (C=O) groups is 3. The number of anilines is 3. The van der Waals surface area contributed by atoms with Gasteiger partial charge in [0.15, 0.2) is 5.60 Å². The Hall–Kier alpha value is -4.26. The van der Waals surface area contributed by atoms with Gasteiger partial charge in [0.05, 0.1) is 44.5 Å². The van der Waals surface area contributed by atoms with Crippen molar-refractivity contribution in [2.24, 2.45) is 5.92 Å². The van der Waals surface area contributed by atoms with Crippen LogP contribution in [0.1, 0.15) is 47.7 Å². The van der Waals surface area contributed by atoms with E-state index in [9.17, 15) is 19.5 Å². The highest BCUT2D eigenvalue weighted by atomic mass is 28.4. The van der Waals surface area contributed by atoms with Gasteiger partial charge in [-0.1, -0.05) is 19.1 Å². The van der Waals surface area contributed by atoms with Crippen molar-refractivity contribution in [2.75, 3.05) is 36.2 Å². The molecule has 2 fully saturated rings. The average Bonchev–Trinajstić information content (AvgIpc) is 3.72. The molecule has 3 amide bonds. The maximum absolute atomic E-state index is 16.3. The number of benzene rings is 3. The number of likely N-dealkylation sites (tertiary alicyclic amines) is 1. The van der Waals surface area contributed by atoms with E-state index in [0.717, 1.165) is 18.4 Å². The Balaban J connectivity index is 1.28. The topological polar surface area (TPSA) is 134 Å². The summed E-state index contributed by atoms with van der Waals surface area (Å²) < 4.78 is 28.6. The Morgan fingerprint density at radius 2 is 1.83 bits per heavy atom. The Morgan fingerprint density at radius 3 is 2.48 bits per heavy atom. The number of nitrogens with two attached hydrogens (primary N) is 1. The van der Waals surface area contributed by atoms with Crippen molar-refractivity contribution < 1.29 is 33.1 Å². The summed E-state index contributed by atoms with van der Waals surface area (Å²) in [6.45, 7) is 5.70. The summed E-state index contributed by atoms with van der Waals surface area (Å²) in [4.78, 5) is 44.3. The maximum atomic E-state index is 16.3. The molecule has 1 spiro atoms. The molecule has 254 valence electrons. The number of nitrogens with zero attached hydrogens (tertiary/aromatic N) is 2. The minimum atomic E-state index is -3.48. The molecule has 0 saturated carbocycles. The van der Waals surface area contributed by atoms with Crippen LogP contribution in [0.4, 0.5) is 21.2 Å². The second kappa shape index (κ2) is 13.0. The maximum Gasteiger partial charge on any atom is 0.264 e. The second-order valence-electron chi connectivity index (χ2n) is 13.6. The molecule has 2 saturated heterocycles. The van der Waals surface area contributed by atoms with Crippen molar-refractivity contribution in [2.45, 2.75) is 69.1 Å². The highest BCUT2D eigenvalue weighted by molar-refractivity contribution is 6.72. The van der Waals surface area contributed by atoms with Crippen LogP contribution in [-0.4, -0.2) is 68.5 Å². The molecule has 3 aromatic rings. The number of ether oxygens (including phenoxy) is 2. The molecule has 3 aromatic carbocycles. The summed E-state index contributed by atoms with van der Waals surface area (Å²) in [5.41, 5.74) is 7.27. The number of rotatable bonds is 9. The minimum Gasteiger partial charge on any atom is -0.497 e. The monoisotopic (exact) mass is 674 g/mol. The molecular weight excluding hydrogens is 632 g/mol. The minimum absolute atomic E-state index is 0.0657. The van der Waals surface area contributed by atoms with Gasteiger partial charge in [0.2, 0.25) is 14.3 Å². The normalized spacial score (nSPS) is 25.1. The number of aliphatic hydroxyl groups is 1. The Morgan fingerprint density at radius 1 is 1.12 bits per heavy atom. The number of nitrogen functional groups attached to an aromatic ring is 1. The Kier molecular flexibility index (Phi) is 9.09. The van der Waals surface area contributed by atoms with Gasteiger partial charge in [-0.2, -0.15) is 0 Å². The number of fused-ring (bicyclic) bond motifs is 2. The zero-order valence-corrected chi connectivity index (χ0v) is 28.7. The summed E-state index contributed by atoms with van der Waals surface area (Å²) >= 11 is 0. The van der Waals surface area contributed by atoms with Crippen molar-refractivity contribution in [3.8, 4) is 5.75 Å². The van der Waals surface area contributed by atoms with Crippen LogP contribution in [0.3, 0.4) is 0 Å². The predicted octanol–water partition coefficient (Wildman–Crippen LogP) is 5.22. The van der Waals surface area contributed by atoms with Crippen LogP contribution in [0, 0.1) is 5.92 Å². The van der Waals surface area contributed by atoms with Crippen molar-refractivity contribution >= 4 is 43.2 Å². The number of methoxy groups -OCH3 is 1. The van der Waals surface area contributed by atoms with E-state index >= 15 is 4.11 Å². The van der Waals surface area contributed by atoms with Crippen LogP contribution in [0.5, 0.6) is 5.75 Å². The van der Waals surface area contributed by atoms with Crippen LogP contribution in [0.25, 0.3) is 0 Å². The molecule has 0 radical (unpaired) electrons. The first kappa shape index (κ1) is 33.6. The molecule has 48 heavy (non-hydrogen) atoms. The van der Waals surface area contributed by atoms with Crippen molar-refractivity contribution in [1.29, 1.82) is 0 Å². The summed E-state index contributed by atoms with van der Waals surface area (Å²) in [6.07, 6.45) is 0.638. The molecule has 3 aliphatic heterocycles. The summed E-state index contributed by atoms with van der Waals surface area (Å²) in [5.74, 6) is -0.806. The lowest BCUT2D eigenvalue weighted by atomic mass is 9.82. The fourth-order valence-corrected chi connectivity index (χ4v) is 10.4. The smallest absolute Gasteiger partial charge is 0.264 e. The lowest BCUT2D eigenvalue weighted by Crippen LogP contribution is -2.45. The zero-order valence-electron chi connectivity index (χ0n) is 27.7. The van der Waals surface area contributed by atoms with E-state index in [1.165, 1.54) is 0 Å². The van der Waals surface area contributed by atoms with Crippen molar-refractivity contribution in [3.05, 3.63) is 83.4 Å². The van der Waals surface area contributed by atoms with E-state index in [4.69, 9.17) is 15.2 Å². The van der Waals surface area contributed by atoms with E-state index in [0.29, 0.717) is 40.5 Å². The largest absolute Gasteiger partial charge is 0.497 e. The first-order valence-corrected chi connectivity index (χ1v) is 19.4. The van der Waals surface area contributed by atoms with Crippen LogP contribution >= 0.6 is 0 Å². The number of amides is 3. The second-order valence-corrected chi connectivity index (χ2v) is 17.4. The fourth-order valence-electron chi connectivity index (χ4n) is 7.87. The predicted molar refractivity (Wildman–Crippen MR) is 184 cm³/mol. The van der Waals surface area contributed by atoms with Gasteiger partial charge in [-0.25, -0.2) is 0 Å². The molecule has 3 heterocycles. The van der Waals surface area contributed by atoms with Crippen molar-refractivity contribution in [3.63, 3.8) is 0 Å². The third kappa shape index (κ3) is 5.97. The molecule has 10 nitrogen and oxygen atoms in total. The molecule has 12 heteroatoms. The molecule has 4 N–H and O–H groups in total. The van der Waals surface area contributed by atoms with Gasteiger partial charge in [0.25, 0.3) is 11.8 Å². The number of aliphatic hydroxyl groups excluding tert-OH is 1. The van der Waals surface area contributed by atoms with E-state index in [2.05, 4.69) is 5.32 Å². The summed E-state index contributed by atoms with van der Waals surface area (Å²) in [6, 6.07) is 19.0. The zero-order chi connectivity index (χ0) is 34.4. The van der Waals surface area contributed by atoms with Gasteiger partial charge in [-0.3, -0.25) is 14.4 Å². The fraction of sp³-hybridized carbons (Fsp3) is 0.417. The van der Waals surface area contributed by atoms with Crippen LogP contribution < -0.4 is 20.7 Å². The number of halogens is 1. The lowest BCUT2D eigenvalue weighted by Gasteiger charge is -2.31. The first-order valence-electron chi connectivity index (χ1n) is 16.4. The first-order chi connectivity index (χ1) is 22.9. The third-order valence-electron chi connectivity index (χ3n) is 10.2. The molecule has 0 aliphatic carbocycles. The van der Waals surface area contributed by atoms with Crippen molar-refractivity contribution in [1.82, 2.24) is 4.90 Å². The van der Waals surface area contributed by atoms with Gasteiger partial charge in [0, 0.05) is 40.5 Å². The molecule has 0 aromatic heterocycles. The van der Waals surface area contributed by atoms with E-state index < -0.39 is 31.6 Å². The van der Waals surface area contributed by atoms with Gasteiger partial charge in [-0.15, -0.1) is 0 Å². The molecule has 5 atom stereocenters. The third-order valence-corrected chi connectivity index (χ3v) is 12.6. The van der Waals surface area contributed by atoms with Crippen LogP contribution in [-0.2, 0) is 26.5 Å². The molecular formula is C36H43FN4O6Si. The average molecular weight is 675 g/mol. The van der Waals surface area contributed by atoms with Gasteiger partial charge < -0.3 is 39.5 Å². The quantitative estimate of drug-likeness (QED) is 0.161. The Bertz CT molecular complexity index is 1700. The number of hydrogen-bond acceptors (Lipinski definition) is 7. The molecule has 3 aliphatic rings. The number of nitrogens with one attached hydrogen (secondary N) is 1. The molecule has 0 bridgehead atoms. The van der Waals surface area contributed by atoms with E-state index in [1.807, 2.05) is 25.1 Å². The molecule has 6 rings (SSSR count). The number of carbonyl (C=O) groups excluding carboxylic acids is 3. The van der Waals surface area contributed by atoms with Gasteiger partial charge in [-0.05, 0) is 86.1 Å². The number of hydrogen-bond donors (Lipinski definition) is 3. The summed E-state index contributed by atoms with van der Waals surface area (Å²) in [5, 5.41) is 12.7. The highest BCUT2D eigenvalue weighted by Crippen LogP contribution is 2.60. The van der Waals surface area contributed by atoms with Crippen LogP contribution in [0.15, 0.2) is 66.7 Å². The van der Waals surface area contributed by atoms with E-state index in [1.54, 1.807) is 78.5 Å². The van der Waals surface area contributed by atoms with Gasteiger partial charge in [0.1, 0.15) is 5.75 Å². The van der Waals surface area contributed by atoms with Crippen LogP contribution in [0.2, 0.25) is 18.6 Å². The lowest BCUT2D eigenvalue weighted by molar-refractivity contribution is -0.150. The standard InChI is InChI=1S/C36H43FN4O6Si/c1-22-33(48(3,4)37)31(19-32(43)40-17-5-6-27(40)21-42)47-36(22)29-18-28(46-2)15-16-30(29)41(35(36)45)20-23-7-13-26(14-8-23)39-34(44)24-9-11-25(38)12-10-24/h7-16,18,22,27,31,33,42H,5-6,17,19-21,38H2,1-4H3,(H,39,44)/t22-,27+,31+,33-,36+/m1/s1. The van der Waals surface area contributed by atoms with Gasteiger partial charge >= 0.3 is 0 Å². The highest BCUT2D eigenvalue weighted by Gasteiger charge is 2.67. The van der Waals surface area contributed by atoms with E-state index in [-0.39, 0.29) is 43.3 Å².